The summed E-state index contributed by atoms with van der Waals surface area (Å²) in [5, 5.41) is 0. The van der Waals surface area contributed by atoms with Crippen LogP contribution >= 0.6 is 0 Å². The Balaban J connectivity index is 0.000000128. The van der Waals surface area contributed by atoms with Gasteiger partial charge in [0.2, 0.25) is 0 Å². The van der Waals surface area contributed by atoms with Crippen LogP contribution < -0.4 is 14.2 Å². The van der Waals surface area contributed by atoms with Crippen molar-refractivity contribution in [2.75, 3.05) is 60.8 Å². The van der Waals surface area contributed by atoms with Crippen molar-refractivity contribution in [2.24, 2.45) is 0 Å². The van der Waals surface area contributed by atoms with Crippen LogP contribution in [0.2, 0.25) is 0 Å². The van der Waals surface area contributed by atoms with Gasteiger partial charge in [-0.3, -0.25) is 28.1 Å². The maximum Gasteiger partial charge on any atom is 0.358 e. The van der Waals surface area contributed by atoms with E-state index >= 15 is 0 Å². The maximum atomic E-state index is 13.1. The Hall–Kier alpha value is -8.49. The van der Waals surface area contributed by atoms with Gasteiger partial charge in [0.25, 0.3) is 17.7 Å². The van der Waals surface area contributed by atoms with Gasteiger partial charge in [-0.2, -0.15) is 0 Å². The predicted molar refractivity (Wildman–Crippen MR) is 267 cm³/mol. The third kappa shape index (κ3) is 8.68. The number of benzene rings is 3. The molecule has 0 radical (unpaired) electrons. The summed E-state index contributed by atoms with van der Waals surface area (Å²) < 4.78 is 36.8. The third-order valence-corrected chi connectivity index (χ3v) is 14.4. The van der Waals surface area contributed by atoms with Crippen molar-refractivity contribution in [3.05, 3.63) is 124 Å². The quantitative estimate of drug-likeness (QED) is 0.105. The first-order valence-corrected chi connectivity index (χ1v) is 25.2. The number of esters is 3. The molecule has 6 aromatic rings. The molecule has 0 saturated carbocycles. The van der Waals surface area contributed by atoms with Gasteiger partial charge in [0.1, 0.15) is 36.2 Å². The summed E-state index contributed by atoms with van der Waals surface area (Å²) >= 11 is 0. The van der Waals surface area contributed by atoms with E-state index in [0.717, 1.165) is 55.6 Å². The molecule has 21 nitrogen and oxygen atoms in total. The van der Waals surface area contributed by atoms with Crippen LogP contribution in [-0.2, 0) is 14.2 Å². The molecule has 0 spiro atoms. The molecule has 3 aromatic carbocycles. The van der Waals surface area contributed by atoms with E-state index in [1.165, 1.54) is 0 Å². The number of methoxy groups -OCH3 is 3. The molecule has 3 amide bonds. The van der Waals surface area contributed by atoms with E-state index in [0.29, 0.717) is 70.6 Å². The Kier molecular flexibility index (Phi) is 13.9. The van der Waals surface area contributed by atoms with Gasteiger partial charge in [-0.05, 0) is 114 Å². The number of carbonyl (C=O) groups excluding carboxylic acids is 6. The summed E-state index contributed by atoms with van der Waals surface area (Å²) in [7, 11) is 4.72. The van der Waals surface area contributed by atoms with Gasteiger partial charge >= 0.3 is 17.9 Å². The SMILES string of the molecule is CCOC(=O)c1ncn2c1[C@@H]1CCCN1C(=O)c1cc(OC)ccc1-2.CCOC(=O)c1ncn2c1[C@@H]1CCCN1C(=O)c1cc(OC)ccc1-2.CCOC(=O)c1ncn2c1[C@@H]1CCCN1C(=O)c1cc(OC)ccc1-2. The summed E-state index contributed by atoms with van der Waals surface area (Å²) in [4.78, 5) is 94.7. The van der Waals surface area contributed by atoms with Gasteiger partial charge in [-0.1, -0.05) is 0 Å². The van der Waals surface area contributed by atoms with Crippen molar-refractivity contribution in [1.82, 2.24) is 43.4 Å². The smallest absolute Gasteiger partial charge is 0.358 e. The van der Waals surface area contributed by atoms with Crippen LogP contribution in [0.4, 0.5) is 0 Å². The van der Waals surface area contributed by atoms with Crippen LogP contribution in [0.1, 0.15) is 157 Å². The van der Waals surface area contributed by atoms with Crippen molar-refractivity contribution >= 4 is 35.6 Å². The number of nitrogens with zero attached hydrogens (tertiary/aromatic N) is 9. The van der Waals surface area contributed by atoms with E-state index in [2.05, 4.69) is 15.0 Å². The fourth-order valence-electron chi connectivity index (χ4n) is 11.1. The van der Waals surface area contributed by atoms with Gasteiger partial charge in [0.15, 0.2) is 17.1 Å². The number of imidazole rings is 3. The Labute approximate surface area is 431 Å². The second-order valence-electron chi connectivity index (χ2n) is 18.3. The van der Waals surface area contributed by atoms with Crippen LogP contribution in [-0.4, -0.2) is 140 Å². The van der Waals surface area contributed by atoms with E-state index in [1.807, 2.05) is 46.6 Å². The van der Waals surface area contributed by atoms with Crippen LogP contribution in [0, 0.1) is 0 Å². The zero-order valence-corrected chi connectivity index (χ0v) is 42.6. The Morgan fingerprint density at radius 3 is 1.00 bits per heavy atom. The molecule has 3 saturated heterocycles. The molecular formula is C54H57N9O12. The summed E-state index contributed by atoms with van der Waals surface area (Å²) in [5.74, 6) is 0.373. The summed E-state index contributed by atoms with van der Waals surface area (Å²) in [6.45, 7) is 8.12. The monoisotopic (exact) mass is 1020 g/mol. The fourth-order valence-corrected chi connectivity index (χ4v) is 11.1. The maximum absolute atomic E-state index is 13.1. The van der Waals surface area contributed by atoms with Gasteiger partial charge in [-0.25, -0.2) is 29.3 Å². The number of aromatic nitrogens is 6. The summed E-state index contributed by atoms with van der Waals surface area (Å²) in [5.41, 5.74) is 6.83. The Morgan fingerprint density at radius 1 is 0.467 bits per heavy atom. The number of carbonyl (C=O) groups is 6. The van der Waals surface area contributed by atoms with Crippen molar-refractivity contribution in [3.63, 3.8) is 0 Å². The Morgan fingerprint density at radius 2 is 0.747 bits per heavy atom. The number of hydrogen-bond donors (Lipinski definition) is 0. The molecule has 0 aliphatic carbocycles. The molecule has 390 valence electrons. The minimum Gasteiger partial charge on any atom is -0.497 e. The van der Waals surface area contributed by atoms with E-state index in [9.17, 15) is 28.8 Å². The lowest BCUT2D eigenvalue weighted by Crippen LogP contribution is -2.30. The summed E-state index contributed by atoms with van der Waals surface area (Å²) in [6.07, 6.45) is 9.88. The van der Waals surface area contributed by atoms with Crippen LogP contribution in [0.15, 0.2) is 73.6 Å². The highest BCUT2D eigenvalue weighted by molar-refractivity contribution is 6.02. The number of hydrogen-bond acceptors (Lipinski definition) is 15. The van der Waals surface area contributed by atoms with Crippen molar-refractivity contribution in [2.45, 2.75) is 77.4 Å². The number of fused-ring (bicyclic) bond motifs is 15. The predicted octanol–water partition coefficient (Wildman–Crippen LogP) is 7.04. The number of ether oxygens (including phenoxy) is 6. The molecule has 75 heavy (non-hydrogen) atoms. The van der Waals surface area contributed by atoms with Crippen LogP contribution in [0.5, 0.6) is 17.2 Å². The molecule has 3 aromatic heterocycles. The molecule has 0 bridgehead atoms. The molecule has 9 heterocycles. The molecule has 3 fully saturated rings. The number of rotatable bonds is 9. The van der Waals surface area contributed by atoms with Gasteiger partial charge in [-0.15, -0.1) is 0 Å². The Bertz CT molecular complexity index is 2910. The highest BCUT2D eigenvalue weighted by atomic mass is 16.5. The standard InChI is InChI=1S/3C18H19N3O4/c3*1-3-25-18(23)15-16-14-5-4-8-20(14)17(22)12-9-11(24-2)6-7-13(12)21(16)10-19-15/h3*6-7,9-10,14H,3-5,8H2,1-2H3/t3*14-/m000/s1. The zero-order valence-electron chi connectivity index (χ0n) is 42.6. The minimum atomic E-state index is -0.451. The molecule has 21 heteroatoms. The molecule has 0 unspecified atom stereocenters. The number of amides is 3. The second kappa shape index (κ2) is 20.8. The van der Waals surface area contributed by atoms with E-state index in [4.69, 9.17) is 28.4 Å². The lowest BCUT2D eigenvalue weighted by molar-refractivity contribution is 0.0505. The van der Waals surface area contributed by atoms with Crippen LogP contribution in [0.3, 0.4) is 0 Å². The first-order chi connectivity index (χ1) is 36.5. The molecule has 6 aliphatic rings. The molecule has 12 rings (SSSR count). The van der Waals surface area contributed by atoms with Gasteiger partial charge in [0.05, 0.1) is 110 Å². The van der Waals surface area contributed by atoms with Crippen molar-refractivity contribution < 1.29 is 57.2 Å². The average Bonchev–Trinajstić information content (AvgIpc) is 4.30. The van der Waals surface area contributed by atoms with Gasteiger partial charge in [0, 0.05) is 19.6 Å². The molecule has 3 atom stereocenters. The normalized spacial score (nSPS) is 18.2. The van der Waals surface area contributed by atoms with Crippen LogP contribution in [0.25, 0.3) is 17.1 Å². The highest BCUT2D eigenvalue weighted by Crippen LogP contribution is 2.44. The van der Waals surface area contributed by atoms with Crippen molar-refractivity contribution in [1.29, 1.82) is 0 Å². The molecule has 0 N–H and O–H groups in total. The van der Waals surface area contributed by atoms with E-state index < -0.39 is 17.9 Å². The fraction of sp³-hybridized carbons (Fsp3) is 0.389. The second-order valence-corrected chi connectivity index (χ2v) is 18.3. The van der Waals surface area contributed by atoms with Gasteiger partial charge < -0.3 is 43.1 Å². The lowest BCUT2D eigenvalue weighted by atomic mass is 10.1. The first-order valence-electron chi connectivity index (χ1n) is 25.2. The lowest BCUT2D eigenvalue weighted by Gasteiger charge is -2.22. The zero-order chi connectivity index (χ0) is 52.7. The average molecular weight is 1020 g/mol. The van der Waals surface area contributed by atoms with Crippen molar-refractivity contribution in [3.8, 4) is 34.3 Å². The minimum absolute atomic E-state index is 0.0464. The summed E-state index contributed by atoms with van der Waals surface area (Å²) in [6, 6.07) is 15.6. The molecule has 6 aliphatic heterocycles. The molecular weight excluding hydrogens is 967 g/mol. The third-order valence-electron chi connectivity index (χ3n) is 14.4. The topological polar surface area (TPSA) is 221 Å². The van der Waals surface area contributed by atoms with E-state index in [-0.39, 0.29) is 72.7 Å². The first kappa shape index (κ1) is 50.1. The highest BCUT2D eigenvalue weighted by Gasteiger charge is 2.43. The largest absolute Gasteiger partial charge is 0.497 e. The van der Waals surface area contributed by atoms with E-state index in [1.54, 1.807) is 97.5 Å².